The first kappa shape index (κ1) is 27.0. The lowest BCUT2D eigenvalue weighted by atomic mass is 9.92. The van der Waals surface area contributed by atoms with E-state index in [0.29, 0.717) is 49.7 Å². The van der Waals surface area contributed by atoms with Gasteiger partial charge in [-0.3, -0.25) is 14.3 Å². The topological polar surface area (TPSA) is 87.5 Å². The van der Waals surface area contributed by atoms with Gasteiger partial charge in [-0.25, -0.2) is 18.7 Å². The van der Waals surface area contributed by atoms with Crippen molar-refractivity contribution < 1.29 is 18.4 Å². The Labute approximate surface area is 243 Å². The van der Waals surface area contributed by atoms with Crippen LogP contribution in [0.1, 0.15) is 79.6 Å². The molecule has 0 spiro atoms. The average Bonchev–Trinajstić information content (AvgIpc) is 3.60. The number of benzene rings is 1. The van der Waals surface area contributed by atoms with Crippen LogP contribution in [0.15, 0.2) is 24.5 Å². The van der Waals surface area contributed by atoms with Gasteiger partial charge in [-0.15, -0.1) is 0 Å². The van der Waals surface area contributed by atoms with E-state index in [1.807, 2.05) is 11.0 Å². The largest absolute Gasteiger partial charge is 0.342 e. The van der Waals surface area contributed by atoms with Crippen molar-refractivity contribution in [3.8, 4) is 11.1 Å². The number of anilines is 2. The Morgan fingerprint density at radius 2 is 1.79 bits per heavy atom. The smallest absolute Gasteiger partial charge is 0.264 e. The van der Waals surface area contributed by atoms with Gasteiger partial charge in [0.2, 0.25) is 11.8 Å². The van der Waals surface area contributed by atoms with Crippen molar-refractivity contribution in [2.75, 3.05) is 24.5 Å². The summed E-state index contributed by atoms with van der Waals surface area (Å²) in [7, 11) is 1.78. The molecule has 9 nitrogen and oxygen atoms in total. The highest BCUT2D eigenvalue weighted by molar-refractivity contribution is 5.81. The monoisotopic (exact) mass is 575 g/mol. The molecule has 0 N–H and O–H groups in total. The lowest BCUT2D eigenvalue weighted by Gasteiger charge is -2.34. The van der Waals surface area contributed by atoms with Crippen LogP contribution < -0.4 is 4.90 Å². The number of piperidine rings is 1. The van der Waals surface area contributed by atoms with Gasteiger partial charge in [0, 0.05) is 74.0 Å². The van der Waals surface area contributed by atoms with Crippen molar-refractivity contribution in [1.29, 1.82) is 0 Å². The summed E-state index contributed by atoms with van der Waals surface area (Å²) in [5, 5.41) is 4.20. The third-order valence-electron chi connectivity index (χ3n) is 9.20. The Morgan fingerprint density at radius 3 is 2.45 bits per heavy atom. The third-order valence-corrected chi connectivity index (χ3v) is 9.20. The predicted octanol–water partition coefficient (Wildman–Crippen LogP) is 4.88. The fraction of sp³-hybridized carbons (Fsp3) is 0.516. The van der Waals surface area contributed by atoms with Crippen molar-refractivity contribution in [3.63, 3.8) is 0 Å². The summed E-state index contributed by atoms with van der Waals surface area (Å²) in [5.41, 5.74) is 4.59. The highest BCUT2D eigenvalue weighted by atomic mass is 19.3. The van der Waals surface area contributed by atoms with Crippen LogP contribution in [-0.2, 0) is 36.1 Å². The number of rotatable bonds is 5. The standard InChI is InChI=1S/C31H35F2N7O2/c1-18(41)39-16-25-26(17-39)35-29(19-7-10-38(11-8-19)31(42)20-5-6-20)36-30(25)40-9-3-4-21-12-23(22-14-34-37(2)15-22)24(28(32)33)13-27(21)40/h12-15,19-20,28H,3-11,16-17H2,1-2H3. The molecule has 4 aliphatic rings. The van der Waals surface area contributed by atoms with Crippen molar-refractivity contribution >= 4 is 23.3 Å². The molecule has 1 aliphatic carbocycles. The number of likely N-dealkylation sites (tertiary alicyclic amines) is 1. The van der Waals surface area contributed by atoms with E-state index < -0.39 is 6.43 Å². The van der Waals surface area contributed by atoms with E-state index in [0.717, 1.165) is 66.9 Å². The van der Waals surface area contributed by atoms with Crippen molar-refractivity contribution in [1.82, 2.24) is 29.5 Å². The molecule has 0 unspecified atom stereocenters. The second kappa shape index (κ2) is 10.4. The number of amides is 2. The molecule has 3 aliphatic heterocycles. The maximum absolute atomic E-state index is 14.5. The summed E-state index contributed by atoms with van der Waals surface area (Å²) in [6, 6.07) is 3.51. The van der Waals surface area contributed by atoms with Gasteiger partial charge in [0.1, 0.15) is 11.6 Å². The van der Waals surface area contributed by atoms with Crippen LogP contribution in [0.2, 0.25) is 0 Å². The van der Waals surface area contributed by atoms with E-state index in [9.17, 15) is 18.4 Å². The number of carbonyl (C=O) groups excluding carboxylic acids is 2. The van der Waals surface area contributed by atoms with E-state index in [4.69, 9.17) is 9.97 Å². The van der Waals surface area contributed by atoms with Crippen LogP contribution in [0, 0.1) is 5.92 Å². The number of aromatic nitrogens is 4. The Hall–Kier alpha value is -3.89. The Balaban J connectivity index is 1.27. The minimum atomic E-state index is -2.65. The fourth-order valence-corrected chi connectivity index (χ4v) is 6.69. The molecule has 3 aromatic rings. The zero-order valence-electron chi connectivity index (χ0n) is 24.0. The van der Waals surface area contributed by atoms with E-state index in [2.05, 4.69) is 10.00 Å². The normalized spacial score (nSPS) is 18.9. The number of alkyl halides is 2. The minimum absolute atomic E-state index is 0.0300. The van der Waals surface area contributed by atoms with Crippen LogP contribution in [0.4, 0.5) is 20.3 Å². The zero-order valence-corrected chi connectivity index (χ0v) is 24.0. The summed E-state index contributed by atoms with van der Waals surface area (Å²) in [5.74, 6) is 1.97. The molecular formula is C31H35F2N7O2. The molecule has 0 bridgehead atoms. The Kier molecular flexibility index (Phi) is 6.70. The Bertz CT molecular complexity index is 1560. The number of aryl methyl sites for hydroxylation is 2. The molecule has 1 saturated heterocycles. The molecule has 5 heterocycles. The fourth-order valence-electron chi connectivity index (χ4n) is 6.69. The van der Waals surface area contributed by atoms with E-state index >= 15 is 0 Å². The lowest BCUT2D eigenvalue weighted by molar-refractivity contribution is -0.133. The van der Waals surface area contributed by atoms with Crippen molar-refractivity contribution in [3.05, 3.63) is 52.7 Å². The number of hydrogen-bond acceptors (Lipinski definition) is 6. The van der Waals surface area contributed by atoms with E-state index in [1.165, 1.54) is 0 Å². The molecule has 7 rings (SSSR count). The number of hydrogen-bond donors (Lipinski definition) is 0. The zero-order chi connectivity index (χ0) is 29.1. The molecule has 1 aromatic carbocycles. The first-order chi connectivity index (χ1) is 20.3. The number of halogens is 2. The molecule has 42 heavy (non-hydrogen) atoms. The molecule has 11 heteroatoms. The third kappa shape index (κ3) is 4.82. The van der Waals surface area contributed by atoms with Gasteiger partial charge in [0.25, 0.3) is 6.43 Å². The van der Waals surface area contributed by atoms with Crippen LogP contribution in [-0.4, -0.2) is 61.0 Å². The van der Waals surface area contributed by atoms with Gasteiger partial charge in [-0.2, -0.15) is 5.10 Å². The molecule has 2 amide bonds. The molecule has 0 atom stereocenters. The average molecular weight is 576 g/mol. The molecule has 220 valence electrons. The first-order valence-electron chi connectivity index (χ1n) is 14.9. The molecule has 0 radical (unpaired) electrons. The van der Waals surface area contributed by atoms with Gasteiger partial charge in [0.05, 0.1) is 25.0 Å². The lowest BCUT2D eigenvalue weighted by Crippen LogP contribution is -2.39. The second-order valence-electron chi connectivity index (χ2n) is 12.1. The van der Waals surface area contributed by atoms with E-state index in [-0.39, 0.29) is 29.2 Å². The van der Waals surface area contributed by atoms with E-state index in [1.54, 1.807) is 42.0 Å². The van der Waals surface area contributed by atoms with Crippen molar-refractivity contribution in [2.24, 2.45) is 13.0 Å². The van der Waals surface area contributed by atoms with Gasteiger partial charge >= 0.3 is 0 Å². The van der Waals surface area contributed by atoms with Gasteiger partial charge in [0.15, 0.2) is 0 Å². The maximum atomic E-state index is 14.5. The molecule has 2 fully saturated rings. The first-order valence-corrected chi connectivity index (χ1v) is 14.9. The van der Waals surface area contributed by atoms with Gasteiger partial charge < -0.3 is 14.7 Å². The highest BCUT2D eigenvalue weighted by Crippen LogP contribution is 2.43. The molecule has 1 saturated carbocycles. The minimum Gasteiger partial charge on any atom is -0.342 e. The number of fused-ring (bicyclic) bond motifs is 2. The number of carbonyl (C=O) groups is 2. The van der Waals surface area contributed by atoms with Crippen LogP contribution in [0.3, 0.4) is 0 Å². The predicted molar refractivity (Wildman–Crippen MR) is 152 cm³/mol. The SMILES string of the molecule is CC(=O)N1Cc2nc(C3CCN(C(=O)C4CC4)CC3)nc(N3CCCc4cc(-c5cnn(C)c5)c(C(F)F)cc43)c2C1. The molecule has 2 aromatic heterocycles. The van der Waals surface area contributed by atoms with Gasteiger partial charge in [-0.05, 0) is 61.8 Å². The van der Waals surface area contributed by atoms with Crippen LogP contribution in [0.5, 0.6) is 0 Å². The Morgan fingerprint density at radius 1 is 1.00 bits per heavy atom. The summed E-state index contributed by atoms with van der Waals surface area (Å²) in [6.07, 6.45) is 5.91. The number of nitrogens with zero attached hydrogens (tertiary/aromatic N) is 7. The van der Waals surface area contributed by atoms with Crippen LogP contribution in [0.25, 0.3) is 11.1 Å². The van der Waals surface area contributed by atoms with Gasteiger partial charge in [-0.1, -0.05) is 0 Å². The summed E-state index contributed by atoms with van der Waals surface area (Å²) in [6.45, 7) is 4.38. The highest BCUT2D eigenvalue weighted by Gasteiger charge is 2.37. The van der Waals surface area contributed by atoms with Crippen LogP contribution >= 0.6 is 0 Å². The maximum Gasteiger partial charge on any atom is 0.264 e. The summed E-state index contributed by atoms with van der Waals surface area (Å²) >= 11 is 0. The second-order valence-corrected chi connectivity index (χ2v) is 12.1. The summed E-state index contributed by atoms with van der Waals surface area (Å²) in [4.78, 5) is 40.9. The van der Waals surface area contributed by atoms with Crippen molar-refractivity contribution in [2.45, 2.75) is 70.9 Å². The summed E-state index contributed by atoms with van der Waals surface area (Å²) < 4.78 is 30.6. The molecular weight excluding hydrogens is 540 g/mol. The quantitative estimate of drug-likeness (QED) is 0.431.